The summed E-state index contributed by atoms with van der Waals surface area (Å²) in [5, 5.41) is 3.37. The molecule has 2 aromatic rings. The summed E-state index contributed by atoms with van der Waals surface area (Å²) in [6.07, 6.45) is 1.79. The molecule has 0 saturated carbocycles. The van der Waals surface area contributed by atoms with Crippen LogP contribution in [0, 0.1) is 13.8 Å². The van der Waals surface area contributed by atoms with Crippen LogP contribution in [0.1, 0.15) is 16.7 Å². The van der Waals surface area contributed by atoms with Crippen LogP contribution >= 0.6 is 11.8 Å². The van der Waals surface area contributed by atoms with Crippen LogP contribution in [0.25, 0.3) is 6.08 Å². The Labute approximate surface area is 157 Å². The largest absolute Gasteiger partial charge is 0.497 e. The van der Waals surface area contributed by atoms with E-state index in [0.717, 1.165) is 11.3 Å². The zero-order chi connectivity index (χ0) is 18.7. The van der Waals surface area contributed by atoms with E-state index in [2.05, 4.69) is 17.2 Å². The number of rotatable bonds is 4. The molecule has 1 aliphatic rings. The molecule has 1 saturated heterocycles. The van der Waals surface area contributed by atoms with E-state index in [9.17, 15) is 4.79 Å². The molecule has 0 aromatic heterocycles. The van der Waals surface area contributed by atoms with Crippen molar-refractivity contribution in [2.75, 3.05) is 14.2 Å². The summed E-state index contributed by atoms with van der Waals surface area (Å²) < 4.78 is 10.6. The Morgan fingerprint density at radius 1 is 1.04 bits per heavy atom. The first-order valence-corrected chi connectivity index (χ1v) is 8.90. The molecular weight excluding hydrogens is 348 g/mol. The van der Waals surface area contributed by atoms with Crippen molar-refractivity contribution in [2.45, 2.75) is 13.8 Å². The van der Waals surface area contributed by atoms with Crippen molar-refractivity contribution >= 4 is 34.6 Å². The van der Waals surface area contributed by atoms with Gasteiger partial charge in [0.1, 0.15) is 11.5 Å². The van der Waals surface area contributed by atoms with E-state index in [1.54, 1.807) is 26.4 Å². The quantitative estimate of drug-likeness (QED) is 0.821. The van der Waals surface area contributed by atoms with E-state index in [1.165, 1.54) is 22.9 Å². The van der Waals surface area contributed by atoms with Gasteiger partial charge in [0.15, 0.2) is 5.17 Å². The number of nitrogens with zero attached hydrogens (tertiary/aromatic N) is 1. The summed E-state index contributed by atoms with van der Waals surface area (Å²) in [6.45, 7) is 4.10. The van der Waals surface area contributed by atoms with Crippen molar-refractivity contribution in [3.05, 3.63) is 58.0 Å². The first-order chi connectivity index (χ1) is 12.5. The minimum Gasteiger partial charge on any atom is -0.497 e. The minimum atomic E-state index is -0.171. The summed E-state index contributed by atoms with van der Waals surface area (Å²) in [5.41, 5.74) is 4.00. The van der Waals surface area contributed by atoms with Gasteiger partial charge in [0, 0.05) is 11.6 Å². The van der Waals surface area contributed by atoms with Gasteiger partial charge in [0.25, 0.3) is 5.91 Å². The van der Waals surface area contributed by atoms with E-state index < -0.39 is 0 Å². The fourth-order valence-electron chi connectivity index (χ4n) is 2.47. The highest BCUT2D eigenvalue weighted by atomic mass is 32.2. The van der Waals surface area contributed by atoms with Crippen LogP contribution in [-0.2, 0) is 4.79 Å². The molecule has 2 aromatic carbocycles. The molecule has 0 aliphatic carbocycles. The lowest BCUT2D eigenvalue weighted by molar-refractivity contribution is -0.115. The Kier molecular flexibility index (Phi) is 5.32. The average Bonchev–Trinajstić information content (AvgIpc) is 2.97. The van der Waals surface area contributed by atoms with Crippen molar-refractivity contribution in [1.29, 1.82) is 0 Å². The monoisotopic (exact) mass is 368 g/mol. The van der Waals surface area contributed by atoms with Gasteiger partial charge in [-0.1, -0.05) is 6.07 Å². The van der Waals surface area contributed by atoms with Crippen LogP contribution in [0.15, 0.2) is 46.3 Å². The van der Waals surface area contributed by atoms with Crippen LogP contribution in [-0.4, -0.2) is 25.3 Å². The highest BCUT2D eigenvalue weighted by Gasteiger charge is 2.24. The third-order valence-electron chi connectivity index (χ3n) is 4.10. The maximum Gasteiger partial charge on any atom is 0.264 e. The number of hydrogen-bond donors (Lipinski definition) is 1. The molecule has 134 valence electrons. The number of amides is 1. The van der Waals surface area contributed by atoms with Crippen molar-refractivity contribution in [3.8, 4) is 11.5 Å². The molecule has 26 heavy (non-hydrogen) atoms. The number of methoxy groups -OCH3 is 2. The van der Waals surface area contributed by atoms with Gasteiger partial charge in [-0.15, -0.1) is 0 Å². The summed E-state index contributed by atoms with van der Waals surface area (Å²) >= 11 is 1.31. The zero-order valence-corrected chi connectivity index (χ0v) is 15.9. The number of carbonyl (C=O) groups excluding carboxylic acids is 1. The van der Waals surface area contributed by atoms with Crippen LogP contribution in [0.3, 0.4) is 0 Å². The van der Waals surface area contributed by atoms with Gasteiger partial charge in [-0.3, -0.25) is 4.79 Å². The summed E-state index contributed by atoms with van der Waals surface area (Å²) in [4.78, 5) is 17.4. The predicted octanol–water partition coefficient (Wildman–Crippen LogP) is 4.21. The number of amidine groups is 1. The predicted molar refractivity (Wildman–Crippen MR) is 106 cm³/mol. The number of nitrogens with one attached hydrogen (secondary N) is 1. The van der Waals surface area contributed by atoms with Gasteiger partial charge < -0.3 is 14.8 Å². The summed E-state index contributed by atoms with van der Waals surface area (Å²) in [5.74, 6) is 1.17. The third kappa shape index (κ3) is 3.91. The fourth-order valence-corrected chi connectivity index (χ4v) is 3.30. The maximum absolute atomic E-state index is 12.3. The molecule has 0 radical (unpaired) electrons. The lowest BCUT2D eigenvalue weighted by atomic mass is 10.1. The SMILES string of the molecule is COc1ccc(/C=C2/SC(=Nc3ccc(C)c(C)c3)NC2=O)c(OC)c1. The number of ether oxygens (including phenoxy) is 2. The Bertz CT molecular complexity index is 919. The van der Waals surface area contributed by atoms with Crippen LogP contribution < -0.4 is 14.8 Å². The van der Waals surface area contributed by atoms with Crippen LogP contribution in [0.4, 0.5) is 5.69 Å². The zero-order valence-electron chi connectivity index (χ0n) is 15.1. The fraction of sp³-hybridized carbons (Fsp3) is 0.200. The molecule has 3 rings (SSSR count). The van der Waals surface area contributed by atoms with E-state index in [4.69, 9.17) is 9.47 Å². The number of hydrogen-bond acceptors (Lipinski definition) is 5. The van der Waals surface area contributed by atoms with Crippen molar-refractivity contribution in [1.82, 2.24) is 5.32 Å². The normalized spacial score (nSPS) is 16.8. The van der Waals surface area contributed by atoms with Gasteiger partial charge in [0.2, 0.25) is 0 Å². The number of thioether (sulfide) groups is 1. The van der Waals surface area contributed by atoms with E-state index in [-0.39, 0.29) is 5.91 Å². The van der Waals surface area contributed by atoms with Gasteiger partial charge in [-0.05, 0) is 67.1 Å². The van der Waals surface area contributed by atoms with Crippen LogP contribution in [0.5, 0.6) is 11.5 Å². The number of aliphatic imine (C=N–C) groups is 1. The molecule has 0 unspecified atom stereocenters. The topological polar surface area (TPSA) is 59.9 Å². The molecule has 0 bridgehead atoms. The number of aryl methyl sites for hydroxylation is 2. The summed E-state index contributed by atoms with van der Waals surface area (Å²) in [6, 6.07) is 11.4. The molecule has 1 aliphatic heterocycles. The molecule has 1 heterocycles. The van der Waals surface area contributed by atoms with E-state index >= 15 is 0 Å². The average molecular weight is 368 g/mol. The standard InChI is InChI=1S/C20H20N2O3S/c1-12-5-7-15(9-13(12)2)21-20-22-19(23)18(26-20)10-14-6-8-16(24-3)11-17(14)25-4/h5-11H,1-4H3,(H,21,22,23)/b18-10+. The van der Waals surface area contributed by atoms with Gasteiger partial charge in [-0.25, -0.2) is 4.99 Å². The summed E-state index contributed by atoms with van der Waals surface area (Å²) in [7, 11) is 3.19. The smallest absolute Gasteiger partial charge is 0.264 e. The first kappa shape index (κ1) is 18.1. The van der Waals surface area contributed by atoms with Gasteiger partial charge in [-0.2, -0.15) is 0 Å². The number of carbonyl (C=O) groups is 1. The second-order valence-electron chi connectivity index (χ2n) is 5.86. The molecule has 1 N–H and O–H groups in total. The molecule has 0 atom stereocenters. The first-order valence-electron chi connectivity index (χ1n) is 8.09. The Morgan fingerprint density at radius 3 is 2.54 bits per heavy atom. The lowest BCUT2D eigenvalue weighted by Crippen LogP contribution is -2.19. The van der Waals surface area contributed by atoms with E-state index in [0.29, 0.717) is 21.6 Å². The Balaban J connectivity index is 1.86. The third-order valence-corrected chi connectivity index (χ3v) is 5.01. The van der Waals surface area contributed by atoms with Crippen molar-refractivity contribution in [2.24, 2.45) is 4.99 Å². The molecule has 1 amide bonds. The van der Waals surface area contributed by atoms with Crippen LogP contribution in [0.2, 0.25) is 0 Å². The molecule has 0 spiro atoms. The van der Waals surface area contributed by atoms with Gasteiger partial charge in [0.05, 0.1) is 24.8 Å². The molecule has 5 nitrogen and oxygen atoms in total. The highest BCUT2D eigenvalue weighted by molar-refractivity contribution is 8.18. The molecule has 6 heteroatoms. The number of benzene rings is 2. The minimum absolute atomic E-state index is 0.171. The second kappa shape index (κ2) is 7.66. The Morgan fingerprint density at radius 2 is 1.85 bits per heavy atom. The van der Waals surface area contributed by atoms with Gasteiger partial charge >= 0.3 is 0 Å². The van der Waals surface area contributed by atoms with E-state index in [1.807, 2.05) is 37.3 Å². The molecular formula is C20H20N2O3S. The maximum atomic E-state index is 12.3. The lowest BCUT2D eigenvalue weighted by Gasteiger charge is -2.07. The van der Waals surface area contributed by atoms with Crippen molar-refractivity contribution in [3.63, 3.8) is 0 Å². The molecule has 1 fully saturated rings. The second-order valence-corrected chi connectivity index (χ2v) is 6.89. The highest BCUT2D eigenvalue weighted by Crippen LogP contribution is 2.32. The van der Waals surface area contributed by atoms with Crippen molar-refractivity contribution < 1.29 is 14.3 Å². The Hall–Kier alpha value is -2.73.